The van der Waals surface area contributed by atoms with Gasteiger partial charge in [-0.1, -0.05) is 12.1 Å². The minimum atomic E-state index is -4.33. The molecule has 0 unspecified atom stereocenters. The number of halogens is 3. The molecule has 1 aromatic rings. The van der Waals surface area contributed by atoms with Crippen LogP contribution in [0.3, 0.4) is 0 Å². The highest BCUT2D eigenvalue weighted by atomic mass is 19.4. The molecule has 21 heavy (non-hydrogen) atoms. The second-order valence-electron chi connectivity index (χ2n) is 4.78. The van der Waals surface area contributed by atoms with Crippen LogP contribution in [0.1, 0.15) is 6.42 Å². The first-order valence-corrected chi connectivity index (χ1v) is 6.88. The molecule has 1 fully saturated rings. The zero-order chi connectivity index (χ0) is 15.1. The van der Waals surface area contributed by atoms with Crippen molar-refractivity contribution in [2.75, 3.05) is 44.5 Å². The third-order valence-corrected chi connectivity index (χ3v) is 3.11. The van der Waals surface area contributed by atoms with E-state index in [9.17, 15) is 13.2 Å². The Hall–Kier alpha value is -1.47. The first-order chi connectivity index (χ1) is 10.1. The van der Waals surface area contributed by atoms with Crippen LogP contribution < -0.4 is 15.0 Å². The summed E-state index contributed by atoms with van der Waals surface area (Å²) in [6, 6.07) is 7.32. The molecule has 2 rings (SSSR count). The van der Waals surface area contributed by atoms with Gasteiger partial charge in [0.1, 0.15) is 12.4 Å². The fourth-order valence-electron chi connectivity index (χ4n) is 2.19. The zero-order valence-corrected chi connectivity index (χ0v) is 11.7. The average Bonchev–Trinajstić information content (AvgIpc) is 2.72. The Morgan fingerprint density at radius 1 is 1.14 bits per heavy atom. The minimum absolute atomic E-state index is 0.414. The number of nitrogens with zero attached hydrogens (tertiary/aromatic N) is 1. The van der Waals surface area contributed by atoms with Crippen molar-refractivity contribution in [2.24, 2.45) is 0 Å². The lowest BCUT2D eigenvalue weighted by Crippen LogP contribution is -2.28. The Bertz CT molecular complexity index is 432. The van der Waals surface area contributed by atoms with Crippen LogP contribution in [-0.2, 0) is 4.74 Å². The molecule has 1 aromatic carbocycles. The predicted molar refractivity (Wildman–Crippen MR) is 73.6 cm³/mol. The van der Waals surface area contributed by atoms with Crippen molar-refractivity contribution >= 4 is 5.69 Å². The highest BCUT2D eigenvalue weighted by Gasteiger charge is 2.27. The summed E-state index contributed by atoms with van der Waals surface area (Å²) in [4.78, 5) is 2.17. The van der Waals surface area contributed by atoms with E-state index in [1.165, 1.54) is 0 Å². The van der Waals surface area contributed by atoms with Gasteiger partial charge in [-0.15, -0.1) is 0 Å². The lowest BCUT2D eigenvalue weighted by Gasteiger charge is -2.24. The number of nitrogens with one attached hydrogen (secondary N) is 1. The van der Waals surface area contributed by atoms with Crippen LogP contribution in [0.4, 0.5) is 18.9 Å². The molecular weight excluding hydrogens is 285 g/mol. The summed E-state index contributed by atoms with van der Waals surface area (Å²) in [6.45, 7) is 1.85. The molecular formula is C14H19F3N2O2. The van der Waals surface area contributed by atoms with Gasteiger partial charge in [-0.3, -0.25) is 0 Å². The topological polar surface area (TPSA) is 33.7 Å². The first kappa shape index (κ1) is 15.9. The summed E-state index contributed by atoms with van der Waals surface area (Å²) in [5.74, 6) is 0.543. The number of hydrogen-bond donors (Lipinski definition) is 1. The number of alkyl halides is 3. The Balaban J connectivity index is 1.93. The van der Waals surface area contributed by atoms with Crippen LogP contribution in [0.25, 0.3) is 0 Å². The molecule has 0 saturated carbocycles. The van der Waals surface area contributed by atoms with Crippen LogP contribution in [0.2, 0.25) is 0 Å². The van der Waals surface area contributed by atoms with Crippen molar-refractivity contribution in [3.63, 3.8) is 0 Å². The van der Waals surface area contributed by atoms with E-state index in [1.54, 1.807) is 12.1 Å². The van der Waals surface area contributed by atoms with Gasteiger partial charge in [0.15, 0.2) is 6.79 Å². The second kappa shape index (κ2) is 7.51. The van der Waals surface area contributed by atoms with Gasteiger partial charge in [0.2, 0.25) is 0 Å². The SMILES string of the molecule is FC(F)(F)COCOc1ccccc1N1CCCNCC1. The standard InChI is InChI=1S/C14H19F3N2O2/c15-14(16,17)10-20-11-21-13-5-2-1-4-12(13)19-8-3-6-18-7-9-19/h1-2,4-5,18H,3,6-11H2. The highest BCUT2D eigenvalue weighted by Crippen LogP contribution is 2.28. The average molecular weight is 304 g/mol. The van der Waals surface area contributed by atoms with E-state index in [-0.39, 0.29) is 0 Å². The summed E-state index contributed by atoms with van der Waals surface area (Å²) in [7, 11) is 0. The zero-order valence-electron chi connectivity index (χ0n) is 11.7. The molecule has 1 aliphatic heterocycles. The second-order valence-corrected chi connectivity index (χ2v) is 4.78. The Labute approximate surface area is 121 Å². The van der Waals surface area contributed by atoms with Crippen molar-refractivity contribution in [3.05, 3.63) is 24.3 Å². The van der Waals surface area contributed by atoms with Gasteiger partial charge in [-0.2, -0.15) is 13.2 Å². The normalized spacial score (nSPS) is 16.6. The smallest absolute Gasteiger partial charge is 0.411 e. The van der Waals surface area contributed by atoms with E-state index in [2.05, 4.69) is 15.0 Å². The van der Waals surface area contributed by atoms with Crippen molar-refractivity contribution in [2.45, 2.75) is 12.6 Å². The molecule has 0 radical (unpaired) electrons. The summed E-state index contributed by atoms with van der Waals surface area (Å²) in [5, 5.41) is 3.30. The molecule has 1 heterocycles. The number of benzene rings is 1. The molecule has 7 heteroatoms. The maximum atomic E-state index is 12.0. The van der Waals surface area contributed by atoms with Gasteiger partial charge >= 0.3 is 6.18 Å². The molecule has 1 saturated heterocycles. The van der Waals surface area contributed by atoms with E-state index in [4.69, 9.17) is 4.74 Å². The van der Waals surface area contributed by atoms with Gasteiger partial charge in [0.05, 0.1) is 5.69 Å². The van der Waals surface area contributed by atoms with Crippen LogP contribution in [-0.4, -0.2) is 45.8 Å². The van der Waals surface area contributed by atoms with E-state index in [0.29, 0.717) is 5.75 Å². The first-order valence-electron chi connectivity index (χ1n) is 6.88. The van der Waals surface area contributed by atoms with Gasteiger partial charge in [-0.05, 0) is 25.1 Å². The molecule has 0 spiro atoms. The Kier molecular flexibility index (Phi) is 5.69. The van der Waals surface area contributed by atoms with Gasteiger partial charge in [-0.25, -0.2) is 0 Å². The van der Waals surface area contributed by atoms with E-state index in [0.717, 1.165) is 38.3 Å². The third kappa shape index (κ3) is 5.43. The van der Waals surface area contributed by atoms with Crippen LogP contribution >= 0.6 is 0 Å². The lowest BCUT2D eigenvalue weighted by atomic mass is 10.2. The summed E-state index contributed by atoms with van der Waals surface area (Å²) in [6.07, 6.45) is -3.32. The molecule has 1 N–H and O–H groups in total. The molecule has 0 aliphatic carbocycles. The molecule has 118 valence electrons. The number of anilines is 1. The fraction of sp³-hybridized carbons (Fsp3) is 0.571. The van der Waals surface area contributed by atoms with Crippen LogP contribution in [0.15, 0.2) is 24.3 Å². The third-order valence-electron chi connectivity index (χ3n) is 3.11. The number of ether oxygens (including phenoxy) is 2. The molecule has 4 nitrogen and oxygen atoms in total. The lowest BCUT2D eigenvalue weighted by molar-refractivity contribution is -0.186. The number of hydrogen-bond acceptors (Lipinski definition) is 4. The summed E-state index contributed by atoms with van der Waals surface area (Å²) < 4.78 is 45.8. The Morgan fingerprint density at radius 2 is 1.95 bits per heavy atom. The maximum Gasteiger partial charge on any atom is 0.411 e. The molecule has 0 aromatic heterocycles. The Morgan fingerprint density at radius 3 is 2.76 bits per heavy atom. The predicted octanol–water partition coefficient (Wildman–Crippen LogP) is 2.40. The summed E-state index contributed by atoms with van der Waals surface area (Å²) in [5.41, 5.74) is 0.886. The van der Waals surface area contributed by atoms with Crippen molar-refractivity contribution in [3.8, 4) is 5.75 Å². The molecule has 0 atom stereocenters. The monoisotopic (exact) mass is 304 g/mol. The number of rotatable bonds is 5. The number of para-hydroxylation sites is 2. The largest absolute Gasteiger partial charge is 0.465 e. The molecule has 1 aliphatic rings. The molecule has 0 amide bonds. The van der Waals surface area contributed by atoms with Gasteiger partial charge < -0.3 is 19.7 Å². The maximum absolute atomic E-state index is 12.0. The van der Waals surface area contributed by atoms with Crippen LogP contribution in [0.5, 0.6) is 5.75 Å². The van der Waals surface area contributed by atoms with Crippen LogP contribution in [0, 0.1) is 0 Å². The summed E-state index contributed by atoms with van der Waals surface area (Å²) >= 11 is 0. The van der Waals surface area contributed by atoms with E-state index < -0.39 is 19.6 Å². The van der Waals surface area contributed by atoms with E-state index >= 15 is 0 Å². The molecule has 0 bridgehead atoms. The van der Waals surface area contributed by atoms with Gasteiger partial charge in [0, 0.05) is 19.6 Å². The fourth-order valence-corrected chi connectivity index (χ4v) is 2.19. The quantitative estimate of drug-likeness (QED) is 0.669. The van der Waals surface area contributed by atoms with Crippen molar-refractivity contribution in [1.29, 1.82) is 0 Å². The van der Waals surface area contributed by atoms with Gasteiger partial charge in [0.25, 0.3) is 0 Å². The van der Waals surface area contributed by atoms with Crippen molar-refractivity contribution < 1.29 is 22.6 Å². The minimum Gasteiger partial charge on any atom is -0.465 e. The van der Waals surface area contributed by atoms with Crippen molar-refractivity contribution in [1.82, 2.24) is 5.32 Å². The van der Waals surface area contributed by atoms with E-state index in [1.807, 2.05) is 12.1 Å². The highest BCUT2D eigenvalue weighted by molar-refractivity contribution is 5.58.